The highest BCUT2D eigenvalue weighted by molar-refractivity contribution is 5.97. The molecule has 0 bridgehead atoms. The molecule has 0 aromatic heterocycles. The molecule has 1 nitrogen and oxygen atoms in total. The van der Waals surface area contributed by atoms with Crippen molar-refractivity contribution in [3.63, 3.8) is 0 Å². The van der Waals surface area contributed by atoms with E-state index in [9.17, 15) is 0 Å². The maximum Gasteiger partial charge on any atom is 0.0702 e. The molecule has 3 aliphatic rings. The summed E-state index contributed by atoms with van der Waals surface area (Å²) >= 11 is 0. The molecule has 0 radical (unpaired) electrons. The van der Waals surface area contributed by atoms with Crippen molar-refractivity contribution in [1.82, 2.24) is 0 Å². The van der Waals surface area contributed by atoms with Crippen LogP contribution in [0.25, 0.3) is 5.57 Å². The van der Waals surface area contributed by atoms with Crippen molar-refractivity contribution in [3.05, 3.63) is 77.9 Å². The molecule has 2 unspecified atom stereocenters. The summed E-state index contributed by atoms with van der Waals surface area (Å²) in [7, 11) is 0. The number of hydrogen-bond donors (Lipinski definition) is 0. The van der Waals surface area contributed by atoms with Gasteiger partial charge >= 0.3 is 0 Å². The second-order valence-electron chi connectivity index (χ2n) is 5.42. The molecule has 0 saturated carbocycles. The van der Waals surface area contributed by atoms with E-state index in [-0.39, 0.29) is 0 Å². The van der Waals surface area contributed by atoms with E-state index < -0.39 is 0 Å². The highest BCUT2D eigenvalue weighted by Crippen LogP contribution is 2.57. The molecule has 2 heterocycles. The van der Waals surface area contributed by atoms with Crippen LogP contribution in [0.3, 0.4) is 0 Å². The van der Waals surface area contributed by atoms with Crippen molar-refractivity contribution >= 4 is 16.9 Å². The molecule has 0 amide bonds. The predicted octanol–water partition coefficient (Wildman–Crippen LogP) is 4.26. The fourth-order valence-corrected chi connectivity index (χ4v) is 3.84. The van der Waals surface area contributed by atoms with E-state index in [1.165, 1.54) is 28.1 Å². The van der Waals surface area contributed by atoms with E-state index in [4.69, 9.17) is 0 Å². The number of nitrogens with zero attached hydrogens (tertiary/aromatic N) is 1. The van der Waals surface area contributed by atoms with Gasteiger partial charge in [-0.05, 0) is 23.3 Å². The molecule has 2 aromatic rings. The van der Waals surface area contributed by atoms with Crippen LogP contribution in [0.1, 0.15) is 17.0 Å². The molecule has 90 valence electrons. The van der Waals surface area contributed by atoms with Crippen LogP contribution in [0.5, 0.6) is 0 Å². The monoisotopic (exact) mass is 243 g/mol. The molecule has 19 heavy (non-hydrogen) atoms. The lowest BCUT2D eigenvalue weighted by Crippen LogP contribution is -2.25. The molecular weight excluding hydrogens is 230 g/mol. The fourth-order valence-electron chi connectivity index (χ4n) is 3.84. The summed E-state index contributed by atoms with van der Waals surface area (Å²) in [5, 5.41) is 0. The Morgan fingerprint density at radius 2 is 1.63 bits per heavy atom. The summed E-state index contributed by atoms with van der Waals surface area (Å²) in [4.78, 5) is 2.52. The lowest BCUT2D eigenvalue weighted by Gasteiger charge is -2.24. The van der Waals surface area contributed by atoms with Gasteiger partial charge < -0.3 is 4.90 Å². The van der Waals surface area contributed by atoms with Gasteiger partial charge in [0.15, 0.2) is 0 Å². The first kappa shape index (κ1) is 9.62. The van der Waals surface area contributed by atoms with Gasteiger partial charge in [-0.15, -0.1) is 0 Å². The molecule has 1 heteroatoms. The molecule has 1 aliphatic carbocycles. The van der Waals surface area contributed by atoms with E-state index in [1.54, 1.807) is 0 Å². The second kappa shape index (κ2) is 3.18. The van der Waals surface area contributed by atoms with Crippen LogP contribution in [-0.2, 0) is 0 Å². The van der Waals surface area contributed by atoms with Crippen LogP contribution in [0.2, 0.25) is 0 Å². The Labute approximate surface area is 112 Å². The summed E-state index contributed by atoms with van der Waals surface area (Å²) in [5.74, 6) is 0.503. The first-order valence-corrected chi connectivity index (χ1v) is 6.81. The quantitative estimate of drug-likeness (QED) is 0.668. The summed E-state index contributed by atoms with van der Waals surface area (Å²) in [6, 6.07) is 18.1. The number of allylic oxidation sites excluding steroid dienone is 2. The number of fused-ring (bicyclic) bond motifs is 6. The summed E-state index contributed by atoms with van der Waals surface area (Å²) < 4.78 is 0. The average molecular weight is 243 g/mol. The van der Waals surface area contributed by atoms with Crippen LogP contribution in [0.4, 0.5) is 11.4 Å². The Balaban J connectivity index is 1.89. The van der Waals surface area contributed by atoms with E-state index >= 15 is 0 Å². The van der Waals surface area contributed by atoms with Gasteiger partial charge in [0, 0.05) is 22.9 Å². The third-order valence-electron chi connectivity index (χ3n) is 4.56. The minimum atomic E-state index is 0.472. The van der Waals surface area contributed by atoms with E-state index in [1.807, 2.05) is 0 Å². The number of anilines is 2. The highest BCUT2D eigenvalue weighted by atomic mass is 15.2. The lowest BCUT2D eigenvalue weighted by molar-refractivity contribution is 0.781. The van der Waals surface area contributed by atoms with E-state index in [2.05, 4.69) is 71.7 Å². The fraction of sp³-hybridized carbons (Fsp3) is 0.111. The number of para-hydroxylation sites is 2. The minimum Gasteiger partial charge on any atom is -0.332 e. The molecule has 2 atom stereocenters. The Kier molecular flexibility index (Phi) is 1.61. The van der Waals surface area contributed by atoms with Crippen molar-refractivity contribution in [2.45, 2.75) is 12.0 Å². The van der Waals surface area contributed by atoms with Gasteiger partial charge in [0.05, 0.1) is 6.04 Å². The Morgan fingerprint density at radius 3 is 2.58 bits per heavy atom. The van der Waals surface area contributed by atoms with Gasteiger partial charge in [-0.25, -0.2) is 0 Å². The zero-order valence-corrected chi connectivity index (χ0v) is 10.5. The maximum atomic E-state index is 2.52. The molecular formula is C18H13N. The number of benzene rings is 2. The second-order valence-corrected chi connectivity index (χ2v) is 5.42. The largest absolute Gasteiger partial charge is 0.332 e. The molecule has 0 spiro atoms. The zero-order valence-electron chi connectivity index (χ0n) is 10.5. The van der Waals surface area contributed by atoms with Crippen molar-refractivity contribution < 1.29 is 0 Å². The van der Waals surface area contributed by atoms with Gasteiger partial charge in [0.1, 0.15) is 0 Å². The van der Waals surface area contributed by atoms with Gasteiger partial charge in [-0.1, -0.05) is 54.6 Å². The standard InChI is InChI=1S/C18H13N/c1-3-10-16-12(6-1)14-8-5-9-15-13-7-2-4-11-17(13)19(16)18(14)15/h1-11,14,18H. The number of hydrogen-bond acceptors (Lipinski definition) is 1. The van der Waals surface area contributed by atoms with E-state index in [0.717, 1.165) is 0 Å². The molecule has 0 N–H and O–H groups in total. The van der Waals surface area contributed by atoms with Crippen LogP contribution in [0, 0.1) is 0 Å². The normalized spacial score (nSPS) is 24.8. The van der Waals surface area contributed by atoms with Gasteiger partial charge in [0.2, 0.25) is 0 Å². The van der Waals surface area contributed by atoms with Crippen molar-refractivity contribution in [3.8, 4) is 0 Å². The van der Waals surface area contributed by atoms with Crippen LogP contribution in [-0.4, -0.2) is 6.04 Å². The first-order chi connectivity index (χ1) is 9.45. The Hall–Kier alpha value is -2.28. The molecule has 2 aromatic carbocycles. The van der Waals surface area contributed by atoms with Gasteiger partial charge in [-0.2, -0.15) is 0 Å². The SMILES string of the molecule is C1=CC2c3ccccc3N3c4ccccc4C(=C1)C23. The number of rotatable bonds is 0. The third-order valence-corrected chi connectivity index (χ3v) is 4.56. The van der Waals surface area contributed by atoms with Crippen molar-refractivity contribution in [1.29, 1.82) is 0 Å². The van der Waals surface area contributed by atoms with E-state index in [0.29, 0.717) is 12.0 Å². The van der Waals surface area contributed by atoms with Gasteiger partial charge in [0.25, 0.3) is 0 Å². The molecule has 2 aliphatic heterocycles. The van der Waals surface area contributed by atoms with Crippen LogP contribution >= 0.6 is 0 Å². The Morgan fingerprint density at radius 1 is 0.842 bits per heavy atom. The summed E-state index contributed by atoms with van der Waals surface area (Å²) in [6.45, 7) is 0. The van der Waals surface area contributed by atoms with Crippen molar-refractivity contribution in [2.24, 2.45) is 0 Å². The Bertz CT molecular complexity index is 754. The zero-order chi connectivity index (χ0) is 12.4. The van der Waals surface area contributed by atoms with Gasteiger partial charge in [-0.3, -0.25) is 0 Å². The molecule has 5 rings (SSSR count). The van der Waals surface area contributed by atoms with Crippen molar-refractivity contribution in [2.75, 3.05) is 4.90 Å². The predicted molar refractivity (Wildman–Crippen MR) is 78.7 cm³/mol. The lowest BCUT2D eigenvalue weighted by atomic mass is 9.85. The first-order valence-electron chi connectivity index (χ1n) is 6.81. The topological polar surface area (TPSA) is 3.24 Å². The van der Waals surface area contributed by atoms with Crippen LogP contribution < -0.4 is 4.90 Å². The minimum absolute atomic E-state index is 0.472. The smallest absolute Gasteiger partial charge is 0.0702 e. The highest BCUT2D eigenvalue weighted by Gasteiger charge is 2.46. The third kappa shape index (κ3) is 1.03. The molecule has 0 fully saturated rings. The maximum absolute atomic E-state index is 2.52. The molecule has 0 saturated heterocycles. The van der Waals surface area contributed by atoms with Crippen LogP contribution in [0.15, 0.2) is 66.8 Å². The average Bonchev–Trinajstić information content (AvgIpc) is 2.99. The summed E-state index contributed by atoms with van der Waals surface area (Å²) in [5.41, 5.74) is 7.07. The summed E-state index contributed by atoms with van der Waals surface area (Å²) in [6.07, 6.45) is 6.85.